The van der Waals surface area contributed by atoms with Gasteiger partial charge in [-0.05, 0) is 49.6 Å². The summed E-state index contributed by atoms with van der Waals surface area (Å²) in [6, 6.07) is 3.98. The molecule has 0 bridgehead atoms. The standard InChI is InChI=1S/C13H17ClN2/c1-8-11(3-10(15)4-12(8)14)13-5-9(13)6-16(2)7-13/h3-4,9H,5-7,15H2,1-2H3. The number of likely N-dealkylation sites (tertiary alicyclic amines) is 1. The Morgan fingerprint density at radius 2 is 2.25 bits per heavy atom. The third kappa shape index (κ3) is 1.30. The Morgan fingerprint density at radius 1 is 1.50 bits per heavy atom. The van der Waals surface area contributed by atoms with Crippen molar-refractivity contribution in [3.8, 4) is 0 Å². The van der Waals surface area contributed by atoms with Crippen LogP contribution < -0.4 is 5.73 Å². The van der Waals surface area contributed by atoms with E-state index in [-0.39, 0.29) is 0 Å². The molecular weight excluding hydrogens is 220 g/mol. The van der Waals surface area contributed by atoms with E-state index in [2.05, 4.69) is 24.9 Å². The van der Waals surface area contributed by atoms with E-state index in [9.17, 15) is 0 Å². The van der Waals surface area contributed by atoms with Crippen LogP contribution >= 0.6 is 11.6 Å². The number of benzene rings is 1. The maximum absolute atomic E-state index is 6.22. The van der Waals surface area contributed by atoms with Crippen LogP contribution in [0, 0.1) is 12.8 Å². The van der Waals surface area contributed by atoms with Crippen molar-refractivity contribution in [2.75, 3.05) is 25.9 Å². The van der Waals surface area contributed by atoms with Gasteiger partial charge in [-0.15, -0.1) is 0 Å². The van der Waals surface area contributed by atoms with Gasteiger partial charge in [-0.1, -0.05) is 11.6 Å². The number of anilines is 1. The zero-order valence-electron chi connectivity index (χ0n) is 9.76. The normalized spacial score (nSPS) is 32.8. The molecule has 0 spiro atoms. The minimum atomic E-state index is 0.359. The molecule has 2 nitrogen and oxygen atoms in total. The summed E-state index contributed by atoms with van der Waals surface area (Å²) in [6.45, 7) is 4.48. The average Bonchev–Trinajstić information content (AvgIpc) is 2.76. The van der Waals surface area contributed by atoms with Gasteiger partial charge >= 0.3 is 0 Å². The summed E-state index contributed by atoms with van der Waals surface area (Å²) < 4.78 is 0. The average molecular weight is 237 g/mol. The Bertz CT molecular complexity index is 457. The first-order valence-corrected chi connectivity index (χ1v) is 6.15. The Hall–Kier alpha value is -0.730. The number of piperidine rings is 1. The van der Waals surface area contributed by atoms with Crippen molar-refractivity contribution in [2.24, 2.45) is 5.92 Å². The smallest absolute Gasteiger partial charge is 0.0458 e. The third-order valence-electron chi connectivity index (χ3n) is 4.22. The molecule has 2 atom stereocenters. The first-order chi connectivity index (χ1) is 7.53. The summed E-state index contributed by atoms with van der Waals surface area (Å²) >= 11 is 6.22. The van der Waals surface area contributed by atoms with E-state index in [1.807, 2.05) is 6.07 Å². The van der Waals surface area contributed by atoms with Gasteiger partial charge in [-0.2, -0.15) is 0 Å². The van der Waals surface area contributed by atoms with E-state index in [1.54, 1.807) is 0 Å². The third-order valence-corrected chi connectivity index (χ3v) is 4.61. The van der Waals surface area contributed by atoms with Crippen LogP contribution in [0.25, 0.3) is 0 Å². The van der Waals surface area contributed by atoms with E-state index >= 15 is 0 Å². The second-order valence-corrected chi connectivity index (χ2v) is 5.84. The van der Waals surface area contributed by atoms with Crippen molar-refractivity contribution in [1.82, 2.24) is 4.90 Å². The van der Waals surface area contributed by atoms with Crippen LogP contribution in [0.5, 0.6) is 0 Å². The number of nitrogen functional groups attached to an aromatic ring is 1. The second-order valence-electron chi connectivity index (χ2n) is 5.43. The summed E-state index contributed by atoms with van der Waals surface area (Å²) in [6.07, 6.45) is 1.30. The number of fused-ring (bicyclic) bond motifs is 1. The van der Waals surface area contributed by atoms with Gasteiger partial charge in [0, 0.05) is 29.2 Å². The lowest BCUT2D eigenvalue weighted by atomic mass is 9.90. The van der Waals surface area contributed by atoms with Gasteiger partial charge in [0.15, 0.2) is 0 Å². The lowest BCUT2D eigenvalue weighted by molar-refractivity contribution is 0.363. The molecule has 1 heterocycles. The van der Waals surface area contributed by atoms with E-state index in [0.29, 0.717) is 5.41 Å². The molecule has 16 heavy (non-hydrogen) atoms. The van der Waals surface area contributed by atoms with E-state index in [1.165, 1.54) is 24.1 Å². The van der Waals surface area contributed by atoms with Crippen LogP contribution in [0.3, 0.4) is 0 Å². The zero-order chi connectivity index (χ0) is 11.5. The van der Waals surface area contributed by atoms with Gasteiger partial charge in [0.05, 0.1) is 0 Å². The molecule has 2 unspecified atom stereocenters. The van der Waals surface area contributed by atoms with Crippen molar-refractivity contribution in [2.45, 2.75) is 18.8 Å². The van der Waals surface area contributed by atoms with E-state index in [0.717, 1.165) is 23.2 Å². The van der Waals surface area contributed by atoms with Crippen LogP contribution in [0.2, 0.25) is 5.02 Å². The molecular formula is C13H17ClN2. The van der Waals surface area contributed by atoms with Gasteiger partial charge in [0.25, 0.3) is 0 Å². The molecule has 1 saturated heterocycles. The number of hydrogen-bond donors (Lipinski definition) is 1. The van der Waals surface area contributed by atoms with Crippen LogP contribution in [0.1, 0.15) is 17.5 Å². The molecule has 1 aromatic rings. The van der Waals surface area contributed by atoms with E-state index < -0.39 is 0 Å². The first-order valence-electron chi connectivity index (χ1n) is 5.77. The van der Waals surface area contributed by atoms with Gasteiger partial charge in [0.2, 0.25) is 0 Å². The number of nitrogens with two attached hydrogens (primary N) is 1. The Kier molecular flexibility index (Phi) is 2.05. The molecule has 1 aliphatic heterocycles. The molecule has 3 rings (SSSR count). The van der Waals surface area contributed by atoms with Crippen LogP contribution in [-0.2, 0) is 5.41 Å². The number of rotatable bonds is 1. The van der Waals surface area contributed by atoms with Gasteiger partial charge in [-0.25, -0.2) is 0 Å². The molecule has 0 amide bonds. The Balaban J connectivity index is 2.08. The summed E-state index contributed by atoms with van der Waals surface area (Å²) in [7, 11) is 2.19. The monoisotopic (exact) mass is 236 g/mol. The Morgan fingerprint density at radius 3 is 2.88 bits per heavy atom. The molecule has 2 N–H and O–H groups in total. The minimum Gasteiger partial charge on any atom is -0.399 e. The molecule has 1 aromatic carbocycles. The molecule has 2 fully saturated rings. The Labute approximate surface area is 101 Å². The lowest BCUT2D eigenvalue weighted by Crippen LogP contribution is -2.23. The van der Waals surface area contributed by atoms with Crippen molar-refractivity contribution in [1.29, 1.82) is 0 Å². The summed E-state index contributed by atoms with van der Waals surface area (Å²) in [5.41, 5.74) is 9.66. The zero-order valence-corrected chi connectivity index (χ0v) is 10.5. The number of nitrogens with zero attached hydrogens (tertiary/aromatic N) is 1. The van der Waals surface area contributed by atoms with Gasteiger partial charge in [0.1, 0.15) is 0 Å². The number of likely N-dealkylation sites (N-methyl/N-ethyl adjacent to an activating group) is 1. The van der Waals surface area contributed by atoms with Crippen LogP contribution in [-0.4, -0.2) is 25.0 Å². The quantitative estimate of drug-likeness (QED) is 0.759. The highest BCUT2D eigenvalue weighted by atomic mass is 35.5. The fraction of sp³-hybridized carbons (Fsp3) is 0.538. The van der Waals surface area contributed by atoms with Gasteiger partial charge in [-0.3, -0.25) is 0 Å². The van der Waals surface area contributed by atoms with Gasteiger partial charge < -0.3 is 10.6 Å². The molecule has 0 radical (unpaired) electrons. The number of hydrogen-bond acceptors (Lipinski definition) is 2. The fourth-order valence-electron chi connectivity index (χ4n) is 3.37. The van der Waals surface area contributed by atoms with Crippen LogP contribution in [0.4, 0.5) is 5.69 Å². The highest BCUT2D eigenvalue weighted by molar-refractivity contribution is 6.31. The molecule has 2 aliphatic rings. The predicted octanol–water partition coefficient (Wildman–Crippen LogP) is 2.43. The predicted molar refractivity (Wildman–Crippen MR) is 67.9 cm³/mol. The number of halogens is 1. The molecule has 0 aromatic heterocycles. The van der Waals surface area contributed by atoms with Crippen molar-refractivity contribution in [3.05, 3.63) is 28.3 Å². The molecule has 1 saturated carbocycles. The maximum atomic E-state index is 6.22. The summed E-state index contributed by atoms with van der Waals surface area (Å²) in [4.78, 5) is 2.41. The summed E-state index contributed by atoms with van der Waals surface area (Å²) in [5.74, 6) is 0.814. The SMILES string of the molecule is Cc1c(Cl)cc(N)cc1C12CC1CN(C)C2. The highest BCUT2D eigenvalue weighted by Gasteiger charge is 2.60. The highest BCUT2D eigenvalue weighted by Crippen LogP contribution is 2.60. The lowest BCUT2D eigenvalue weighted by Gasteiger charge is -2.20. The minimum absolute atomic E-state index is 0.359. The molecule has 3 heteroatoms. The first kappa shape index (κ1) is 10.4. The largest absolute Gasteiger partial charge is 0.399 e. The summed E-state index contributed by atoms with van der Waals surface area (Å²) in [5, 5.41) is 0.810. The second kappa shape index (κ2) is 3.14. The fourth-order valence-corrected chi connectivity index (χ4v) is 3.60. The van der Waals surface area contributed by atoms with Crippen molar-refractivity contribution < 1.29 is 0 Å². The molecule has 1 aliphatic carbocycles. The topological polar surface area (TPSA) is 29.3 Å². The maximum Gasteiger partial charge on any atom is 0.0458 e. The van der Waals surface area contributed by atoms with E-state index in [4.69, 9.17) is 17.3 Å². The van der Waals surface area contributed by atoms with Crippen molar-refractivity contribution >= 4 is 17.3 Å². The molecule has 86 valence electrons. The van der Waals surface area contributed by atoms with Crippen molar-refractivity contribution in [3.63, 3.8) is 0 Å². The van der Waals surface area contributed by atoms with Crippen LogP contribution in [0.15, 0.2) is 12.1 Å².